The zero-order valence-electron chi connectivity index (χ0n) is 32.8. The lowest BCUT2D eigenvalue weighted by Gasteiger charge is -2.39. The van der Waals surface area contributed by atoms with Crippen molar-refractivity contribution in [2.75, 3.05) is 13.2 Å². The largest absolute Gasteiger partial charge is 0.481 e. The molecule has 0 aliphatic carbocycles. The van der Waals surface area contributed by atoms with E-state index < -0.39 is 53.2 Å². The normalized spacial score (nSPS) is 19.4. The molecule has 0 saturated carbocycles. The van der Waals surface area contributed by atoms with Gasteiger partial charge >= 0.3 is 11.9 Å². The van der Waals surface area contributed by atoms with Gasteiger partial charge in [-0.05, 0) is 56.7 Å². The summed E-state index contributed by atoms with van der Waals surface area (Å²) in [5.74, 6) is -5.74. The van der Waals surface area contributed by atoms with Gasteiger partial charge < -0.3 is 29.5 Å². The van der Waals surface area contributed by atoms with Crippen LogP contribution in [-0.2, 0) is 34.2 Å². The highest BCUT2D eigenvalue weighted by molar-refractivity contribution is 7.80. The van der Waals surface area contributed by atoms with Crippen molar-refractivity contribution in [2.24, 2.45) is 11.8 Å². The average molecular weight is 780 g/mol. The third-order valence-corrected chi connectivity index (χ3v) is 11.3. The van der Waals surface area contributed by atoms with Crippen LogP contribution in [0.5, 0.6) is 0 Å². The standard InChI is InChI=1S/C44H61NO9S/c1-4-5-6-10-19-28-42(52-31-32-53-42)29-20-11-8-7-9-18-26-36(43(51,40(49)50)30-21-27-37(46)47)39(48)45-38(33(2)3)44(54-41(45)55,34-22-14-12-15-23-34)35-24-16-13-17-25-35/h12-18,22-26,33,36,38,51H,4-11,19-21,27-32H2,1-3H3,(H,46,47)(H,49,50)/t36-,38+,43+/m1/s1. The molecule has 2 heterocycles. The SMILES string of the molecule is CCCCCCCC1(CCCCCCC=C[C@H](C(=O)N2C(=S)OC(c3ccccc3)(c3ccccc3)[C@@H]2C(C)C)[C@@](O)(CCCC(=O)O)C(=O)O)OCCO1. The van der Waals surface area contributed by atoms with E-state index in [1.54, 1.807) is 6.08 Å². The van der Waals surface area contributed by atoms with Crippen LogP contribution in [0.3, 0.4) is 0 Å². The van der Waals surface area contributed by atoms with Crippen LogP contribution < -0.4 is 0 Å². The molecule has 0 unspecified atom stereocenters. The maximum atomic E-state index is 14.9. The van der Waals surface area contributed by atoms with Crippen molar-refractivity contribution in [2.45, 2.75) is 140 Å². The van der Waals surface area contributed by atoms with E-state index in [0.29, 0.717) is 19.6 Å². The second kappa shape index (κ2) is 21.0. The van der Waals surface area contributed by atoms with Crippen molar-refractivity contribution in [1.82, 2.24) is 4.90 Å². The Morgan fingerprint density at radius 3 is 1.91 bits per heavy atom. The van der Waals surface area contributed by atoms with Gasteiger partial charge in [0, 0.05) is 30.4 Å². The number of allylic oxidation sites excluding steroid dienone is 1. The number of aliphatic carboxylic acids is 2. The summed E-state index contributed by atoms with van der Waals surface area (Å²) in [6, 6.07) is 18.3. The highest BCUT2D eigenvalue weighted by atomic mass is 32.1. The minimum atomic E-state index is -2.60. The van der Waals surface area contributed by atoms with Gasteiger partial charge in [-0.1, -0.05) is 132 Å². The van der Waals surface area contributed by atoms with Crippen molar-refractivity contribution in [3.63, 3.8) is 0 Å². The number of carbonyl (C=O) groups is 3. The summed E-state index contributed by atoms with van der Waals surface area (Å²) < 4.78 is 18.8. The van der Waals surface area contributed by atoms with E-state index in [9.17, 15) is 29.7 Å². The van der Waals surface area contributed by atoms with Crippen LogP contribution in [-0.4, -0.2) is 73.9 Å². The molecular weight excluding hydrogens is 719 g/mol. The van der Waals surface area contributed by atoms with Crippen molar-refractivity contribution < 1.29 is 43.9 Å². The molecule has 2 aliphatic heterocycles. The summed E-state index contributed by atoms with van der Waals surface area (Å²) in [7, 11) is 0. The van der Waals surface area contributed by atoms with E-state index in [1.807, 2.05) is 74.5 Å². The molecule has 55 heavy (non-hydrogen) atoms. The van der Waals surface area contributed by atoms with E-state index in [1.165, 1.54) is 36.7 Å². The van der Waals surface area contributed by atoms with E-state index >= 15 is 0 Å². The van der Waals surface area contributed by atoms with Gasteiger partial charge in [0.15, 0.2) is 17.0 Å². The molecule has 4 rings (SSSR count). The van der Waals surface area contributed by atoms with Crippen LogP contribution in [0.4, 0.5) is 0 Å². The number of aliphatic hydroxyl groups is 1. The van der Waals surface area contributed by atoms with Crippen LogP contribution in [0.25, 0.3) is 0 Å². The zero-order valence-corrected chi connectivity index (χ0v) is 33.6. The van der Waals surface area contributed by atoms with E-state index in [-0.39, 0.29) is 23.9 Å². The molecule has 3 atom stereocenters. The van der Waals surface area contributed by atoms with Gasteiger partial charge in [-0.2, -0.15) is 0 Å². The molecule has 2 fully saturated rings. The smallest absolute Gasteiger partial charge is 0.336 e. The number of unbranched alkanes of at least 4 members (excludes halogenated alkanes) is 8. The minimum absolute atomic E-state index is 0.123. The molecule has 11 heteroatoms. The highest BCUT2D eigenvalue weighted by Gasteiger charge is 2.60. The van der Waals surface area contributed by atoms with E-state index in [2.05, 4.69) is 6.92 Å². The van der Waals surface area contributed by atoms with Crippen molar-refractivity contribution in [3.8, 4) is 0 Å². The van der Waals surface area contributed by atoms with Crippen LogP contribution >= 0.6 is 12.2 Å². The summed E-state index contributed by atoms with van der Waals surface area (Å²) in [6.07, 6.45) is 14.2. The van der Waals surface area contributed by atoms with Crippen molar-refractivity contribution >= 4 is 35.2 Å². The predicted octanol–water partition coefficient (Wildman–Crippen LogP) is 8.79. The maximum absolute atomic E-state index is 14.9. The number of hydrogen-bond donors (Lipinski definition) is 3. The number of carboxylic acids is 2. The van der Waals surface area contributed by atoms with Crippen LogP contribution in [0.1, 0.15) is 128 Å². The van der Waals surface area contributed by atoms with Crippen LogP contribution in [0.2, 0.25) is 0 Å². The molecule has 2 aliphatic rings. The molecule has 0 spiro atoms. The summed E-state index contributed by atoms with van der Waals surface area (Å²) in [6.45, 7) is 7.37. The first kappa shape index (κ1) is 44.1. The molecule has 302 valence electrons. The number of benzene rings is 2. The molecule has 0 radical (unpaired) electrons. The summed E-state index contributed by atoms with van der Waals surface area (Å²) >= 11 is 5.81. The second-order valence-corrected chi connectivity index (χ2v) is 15.7. The van der Waals surface area contributed by atoms with Gasteiger partial charge in [0.05, 0.1) is 25.2 Å². The first-order chi connectivity index (χ1) is 26.4. The highest BCUT2D eigenvalue weighted by Crippen LogP contribution is 2.48. The van der Waals surface area contributed by atoms with Crippen molar-refractivity contribution in [3.05, 3.63) is 83.9 Å². The number of hydrogen-bond acceptors (Lipinski definition) is 8. The Morgan fingerprint density at radius 1 is 0.855 bits per heavy atom. The fraction of sp³-hybridized carbons (Fsp3) is 0.591. The third kappa shape index (κ3) is 11.0. The molecule has 3 N–H and O–H groups in total. The van der Waals surface area contributed by atoms with Gasteiger partial charge in [-0.25, -0.2) is 4.79 Å². The summed E-state index contributed by atoms with van der Waals surface area (Å²) in [5.41, 5.74) is -2.28. The first-order valence-corrected chi connectivity index (χ1v) is 20.6. The van der Waals surface area contributed by atoms with Gasteiger partial charge in [0.2, 0.25) is 5.91 Å². The van der Waals surface area contributed by atoms with Crippen LogP contribution in [0.15, 0.2) is 72.8 Å². The van der Waals surface area contributed by atoms with Crippen molar-refractivity contribution in [1.29, 1.82) is 0 Å². The predicted molar refractivity (Wildman–Crippen MR) is 215 cm³/mol. The molecule has 2 aromatic carbocycles. The lowest BCUT2D eigenvalue weighted by atomic mass is 9.75. The average Bonchev–Trinajstić information content (AvgIpc) is 3.77. The minimum Gasteiger partial charge on any atom is -0.481 e. The number of carbonyl (C=O) groups excluding carboxylic acids is 1. The Labute approximate surface area is 332 Å². The fourth-order valence-electron chi connectivity index (χ4n) is 8.19. The maximum Gasteiger partial charge on any atom is 0.336 e. The summed E-state index contributed by atoms with van der Waals surface area (Å²) in [4.78, 5) is 40.5. The second-order valence-electron chi connectivity index (χ2n) is 15.3. The number of thiocarbonyl (C=S) groups is 1. The number of nitrogens with zero attached hydrogens (tertiary/aromatic N) is 1. The number of rotatable bonds is 24. The Kier molecular flexibility index (Phi) is 16.9. The Morgan fingerprint density at radius 2 is 1.40 bits per heavy atom. The Balaban J connectivity index is 1.53. The quantitative estimate of drug-likeness (QED) is 0.0538. The lowest BCUT2D eigenvalue weighted by Crippen LogP contribution is -2.56. The molecule has 1 amide bonds. The topological polar surface area (TPSA) is 143 Å². The summed E-state index contributed by atoms with van der Waals surface area (Å²) in [5, 5.41) is 31.5. The van der Waals surface area contributed by atoms with E-state index in [4.69, 9.17) is 26.4 Å². The number of ether oxygens (including phenoxy) is 3. The van der Waals surface area contributed by atoms with E-state index in [0.717, 1.165) is 56.1 Å². The molecule has 0 bridgehead atoms. The fourth-order valence-corrected chi connectivity index (χ4v) is 8.52. The monoisotopic (exact) mass is 779 g/mol. The molecule has 10 nitrogen and oxygen atoms in total. The zero-order chi connectivity index (χ0) is 39.9. The van der Waals surface area contributed by atoms with Gasteiger partial charge in [0.1, 0.15) is 0 Å². The molecule has 0 aromatic heterocycles. The van der Waals surface area contributed by atoms with Crippen LogP contribution in [0, 0.1) is 11.8 Å². The van der Waals surface area contributed by atoms with Gasteiger partial charge in [-0.3, -0.25) is 14.5 Å². The lowest BCUT2D eigenvalue weighted by molar-refractivity contribution is -0.169. The number of amides is 1. The Hall–Kier alpha value is -3.64. The molecule has 2 saturated heterocycles. The molecule has 2 aromatic rings. The number of carboxylic acid groups (broad SMARTS) is 2. The Bertz CT molecular complexity index is 1520. The van der Waals surface area contributed by atoms with Gasteiger partial charge in [-0.15, -0.1) is 0 Å². The molecular formula is C44H61NO9S. The first-order valence-electron chi connectivity index (χ1n) is 20.2. The third-order valence-electron chi connectivity index (χ3n) is 11.0. The van der Waals surface area contributed by atoms with Gasteiger partial charge in [0.25, 0.3) is 5.17 Å².